The number of fused-ring (bicyclic) bond motifs is 4. The first-order valence-electron chi connectivity index (χ1n) is 9.47. The van der Waals surface area contributed by atoms with Crippen molar-refractivity contribution in [3.8, 4) is 5.75 Å². The van der Waals surface area contributed by atoms with Crippen molar-refractivity contribution >= 4 is 39.9 Å². The van der Waals surface area contributed by atoms with Crippen LogP contribution in [-0.4, -0.2) is 6.73 Å². The standard InChI is InChI=1S/C22H19Cl2NO3/c1-12-20-13(10-25(11-27-20)18-8-4-7-17(23)19(18)24)9-16-14-5-2-3-6-15(14)22(26)28-21(12)16/h4,7-9H,2-3,5-6,10-11H2,1H3. The number of nitrogens with zero attached hydrogens (tertiary/aromatic N) is 1. The summed E-state index contributed by atoms with van der Waals surface area (Å²) in [6, 6.07) is 7.72. The molecule has 0 radical (unpaired) electrons. The quantitative estimate of drug-likeness (QED) is 0.482. The van der Waals surface area contributed by atoms with Crippen molar-refractivity contribution in [3.05, 3.63) is 67.0 Å². The van der Waals surface area contributed by atoms with E-state index in [1.165, 1.54) is 0 Å². The van der Waals surface area contributed by atoms with Crippen molar-refractivity contribution in [2.24, 2.45) is 0 Å². The Morgan fingerprint density at radius 1 is 1.11 bits per heavy atom. The van der Waals surface area contributed by atoms with E-state index in [0.29, 0.717) is 28.9 Å². The second-order valence-electron chi connectivity index (χ2n) is 7.46. The van der Waals surface area contributed by atoms with Gasteiger partial charge in [-0.1, -0.05) is 29.3 Å². The van der Waals surface area contributed by atoms with Crippen molar-refractivity contribution in [2.45, 2.75) is 39.2 Å². The summed E-state index contributed by atoms with van der Waals surface area (Å²) in [5.74, 6) is 0.792. The van der Waals surface area contributed by atoms with E-state index >= 15 is 0 Å². The van der Waals surface area contributed by atoms with Crippen LogP contribution in [0, 0.1) is 6.92 Å². The molecule has 0 saturated carbocycles. The predicted molar refractivity (Wildman–Crippen MR) is 112 cm³/mol. The Labute approximate surface area is 172 Å². The molecule has 0 unspecified atom stereocenters. The van der Waals surface area contributed by atoms with Gasteiger partial charge in [-0.25, -0.2) is 4.79 Å². The number of benzene rings is 2. The van der Waals surface area contributed by atoms with Crippen LogP contribution in [0.15, 0.2) is 33.5 Å². The van der Waals surface area contributed by atoms with E-state index in [1.54, 1.807) is 6.07 Å². The van der Waals surface area contributed by atoms with E-state index in [9.17, 15) is 4.79 Å². The molecule has 2 aromatic carbocycles. The van der Waals surface area contributed by atoms with E-state index in [0.717, 1.165) is 64.8 Å². The molecule has 0 atom stereocenters. The fraction of sp³-hybridized carbons (Fsp3) is 0.318. The normalized spacial score (nSPS) is 15.9. The lowest BCUT2D eigenvalue weighted by Crippen LogP contribution is -2.32. The fourth-order valence-electron chi connectivity index (χ4n) is 4.39. The molecule has 0 saturated heterocycles. The molecule has 4 nitrogen and oxygen atoms in total. The Bertz CT molecular complexity index is 1170. The molecule has 2 heterocycles. The maximum absolute atomic E-state index is 12.5. The van der Waals surface area contributed by atoms with Crippen LogP contribution in [0.2, 0.25) is 10.0 Å². The van der Waals surface area contributed by atoms with Gasteiger partial charge in [0, 0.05) is 28.6 Å². The van der Waals surface area contributed by atoms with Crippen molar-refractivity contribution < 1.29 is 9.15 Å². The highest BCUT2D eigenvalue weighted by Gasteiger charge is 2.26. The largest absolute Gasteiger partial charge is 0.472 e. The highest BCUT2D eigenvalue weighted by atomic mass is 35.5. The smallest absolute Gasteiger partial charge is 0.339 e. The summed E-state index contributed by atoms with van der Waals surface area (Å²) >= 11 is 12.6. The molecular formula is C22H19Cl2NO3. The monoisotopic (exact) mass is 415 g/mol. The molecule has 0 N–H and O–H groups in total. The SMILES string of the molecule is Cc1c2c(cc3c4c(c(=O)oc13)CCCC4)CN(c1cccc(Cl)c1Cl)CO2. The predicted octanol–water partition coefficient (Wildman–Crippen LogP) is 5.64. The number of anilines is 1. The molecule has 2 aliphatic rings. The third-order valence-electron chi connectivity index (χ3n) is 5.77. The van der Waals surface area contributed by atoms with Gasteiger partial charge in [-0.2, -0.15) is 0 Å². The second-order valence-corrected chi connectivity index (χ2v) is 8.25. The summed E-state index contributed by atoms with van der Waals surface area (Å²) in [6.07, 6.45) is 3.85. The van der Waals surface area contributed by atoms with Gasteiger partial charge in [0.1, 0.15) is 11.3 Å². The van der Waals surface area contributed by atoms with Gasteiger partial charge in [0.15, 0.2) is 6.73 Å². The summed E-state index contributed by atoms with van der Waals surface area (Å²) in [5.41, 5.74) is 5.22. The first-order chi connectivity index (χ1) is 13.5. The van der Waals surface area contributed by atoms with Gasteiger partial charge in [0.05, 0.1) is 15.7 Å². The summed E-state index contributed by atoms with van der Waals surface area (Å²) in [4.78, 5) is 14.5. The number of ether oxygens (including phenoxy) is 1. The molecule has 0 bridgehead atoms. The number of hydrogen-bond acceptors (Lipinski definition) is 4. The summed E-state index contributed by atoms with van der Waals surface area (Å²) < 4.78 is 11.8. The Morgan fingerprint density at radius 3 is 2.71 bits per heavy atom. The average Bonchev–Trinajstić information content (AvgIpc) is 2.71. The molecule has 0 fully saturated rings. The topological polar surface area (TPSA) is 42.7 Å². The van der Waals surface area contributed by atoms with Gasteiger partial charge < -0.3 is 14.1 Å². The molecule has 144 valence electrons. The van der Waals surface area contributed by atoms with Crippen molar-refractivity contribution in [2.75, 3.05) is 11.6 Å². The van der Waals surface area contributed by atoms with Gasteiger partial charge in [-0.3, -0.25) is 0 Å². The molecule has 28 heavy (non-hydrogen) atoms. The van der Waals surface area contributed by atoms with Crippen LogP contribution in [-0.2, 0) is 19.4 Å². The zero-order valence-electron chi connectivity index (χ0n) is 15.5. The third-order valence-corrected chi connectivity index (χ3v) is 6.58. The molecule has 1 aliphatic heterocycles. The highest BCUT2D eigenvalue weighted by molar-refractivity contribution is 6.43. The molecule has 1 aromatic heterocycles. The van der Waals surface area contributed by atoms with Crippen LogP contribution >= 0.6 is 23.2 Å². The van der Waals surface area contributed by atoms with Crippen molar-refractivity contribution in [1.29, 1.82) is 0 Å². The number of rotatable bonds is 1. The van der Waals surface area contributed by atoms with Gasteiger partial charge >= 0.3 is 5.63 Å². The lowest BCUT2D eigenvalue weighted by molar-refractivity contribution is 0.287. The van der Waals surface area contributed by atoms with Crippen LogP contribution in [0.4, 0.5) is 5.69 Å². The minimum absolute atomic E-state index is 0.201. The van der Waals surface area contributed by atoms with Gasteiger partial charge in [0.25, 0.3) is 0 Å². The average molecular weight is 416 g/mol. The van der Waals surface area contributed by atoms with Crippen LogP contribution in [0.3, 0.4) is 0 Å². The summed E-state index contributed by atoms with van der Waals surface area (Å²) in [5, 5.41) is 2.08. The van der Waals surface area contributed by atoms with Crippen molar-refractivity contribution in [1.82, 2.24) is 0 Å². The molecule has 0 spiro atoms. The van der Waals surface area contributed by atoms with Crippen LogP contribution in [0.25, 0.3) is 11.0 Å². The van der Waals surface area contributed by atoms with E-state index in [2.05, 4.69) is 11.0 Å². The maximum Gasteiger partial charge on any atom is 0.339 e. The molecule has 5 rings (SSSR count). The van der Waals surface area contributed by atoms with Crippen LogP contribution in [0.5, 0.6) is 5.75 Å². The van der Waals surface area contributed by atoms with E-state index in [4.69, 9.17) is 32.4 Å². The molecule has 6 heteroatoms. The zero-order chi connectivity index (χ0) is 19.4. The number of hydrogen-bond donors (Lipinski definition) is 0. The lowest BCUT2D eigenvalue weighted by atomic mass is 9.89. The Balaban J connectivity index is 1.66. The zero-order valence-corrected chi connectivity index (χ0v) is 17.0. The lowest BCUT2D eigenvalue weighted by Gasteiger charge is -2.33. The van der Waals surface area contributed by atoms with Crippen LogP contribution in [0.1, 0.15) is 35.1 Å². The van der Waals surface area contributed by atoms with Gasteiger partial charge in [-0.15, -0.1) is 0 Å². The first kappa shape index (κ1) is 17.9. The minimum Gasteiger partial charge on any atom is -0.472 e. The summed E-state index contributed by atoms with van der Waals surface area (Å²) in [6.45, 7) is 2.97. The number of aryl methyl sites for hydroxylation is 2. The Morgan fingerprint density at radius 2 is 1.89 bits per heavy atom. The Hall–Kier alpha value is -2.17. The van der Waals surface area contributed by atoms with Crippen molar-refractivity contribution in [3.63, 3.8) is 0 Å². The fourth-order valence-corrected chi connectivity index (χ4v) is 4.81. The van der Waals surface area contributed by atoms with Gasteiger partial charge in [0.2, 0.25) is 0 Å². The first-order valence-corrected chi connectivity index (χ1v) is 10.2. The Kier molecular flexibility index (Phi) is 4.29. The van der Waals surface area contributed by atoms with Crippen LogP contribution < -0.4 is 15.3 Å². The molecular weight excluding hydrogens is 397 g/mol. The van der Waals surface area contributed by atoms with E-state index in [-0.39, 0.29) is 5.63 Å². The van der Waals surface area contributed by atoms with E-state index < -0.39 is 0 Å². The minimum atomic E-state index is -0.201. The number of halogens is 2. The molecule has 1 aliphatic carbocycles. The third kappa shape index (κ3) is 2.70. The summed E-state index contributed by atoms with van der Waals surface area (Å²) in [7, 11) is 0. The second kappa shape index (κ2) is 6.71. The van der Waals surface area contributed by atoms with E-state index in [1.807, 2.05) is 19.1 Å². The molecule has 3 aromatic rings. The molecule has 0 amide bonds. The maximum atomic E-state index is 12.5. The highest BCUT2D eigenvalue weighted by Crippen LogP contribution is 2.40. The van der Waals surface area contributed by atoms with Gasteiger partial charge in [-0.05, 0) is 56.4 Å².